The quantitative estimate of drug-likeness (QED) is 0.544. The smallest absolute Gasteiger partial charge is 0.309 e. The van der Waals surface area contributed by atoms with Crippen molar-refractivity contribution in [1.82, 2.24) is 0 Å². The Balaban J connectivity index is 2.32. The molecule has 3 heteroatoms. The lowest BCUT2D eigenvalue weighted by Gasteiger charge is -2.19. The van der Waals surface area contributed by atoms with E-state index in [1.807, 2.05) is 11.8 Å². The topological polar surface area (TPSA) is 37.3 Å². The van der Waals surface area contributed by atoms with Gasteiger partial charge in [-0.15, -0.1) is 11.8 Å². The highest BCUT2D eigenvalue weighted by atomic mass is 32.2. The number of aliphatic carboxylic acids is 1. The molecule has 0 aliphatic rings. The van der Waals surface area contributed by atoms with Gasteiger partial charge in [-0.25, -0.2) is 0 Å². The zero-order valence-electron chi connectivity index (χ0n) is 13.9. The Kier molecular flexibility index (Phi) is 6.33. The fourth-order valence-electron chi connectivity index (χ4n) is 2.02. The Morgan fingerprint density at radius 1 is 1.05 bits per heavy atom. The number of rotatable bonds is 7. The first kappa shape index (κ1) is 18.1. The molecule has 1 rings (SSSR count). The summed E-state index contributed by atoms with van der Waals surface area (Å²) in [6.45, 7) is 10.3. The van der Waals surface area contributed by atoms with Gasteiger partial charge in [0.05, 0.1) is 5.41 Å². The molecule has 0 aromatic heterocycles. The van der Waals surface area contributed by atoms with Crippen LogP contribution in [0, 0.1) is 5.41 Å². The molecule has 1 N–H and O–H groups in total. The van der Waals surface area contributed by atoms with Crippen molar-refractivity contribution in [2.45, 2.75) is 64.2 Å². The van der Waals surface area contributed by atoms with E-state index in [0.29, 0.717) is 0 Å². The summed E-state index contributed by atoms with van der Waals surface area (Å²) in [5.41, 5.74) is 0.958. The van der Waals surface area contributed by atoms with Crippen LogP contribution < -0.4 is 0 Å². The lowest BCUT2D eigenvalue weighted by molar-refractivity contribution is -0.147. The standard InChI is InChI=1S/C18H28O2S/c1-17(2,3)14-8-10-15(11-9-14)21-13-7-6-12-18(4,5)16(19)20/h8-11H,6-7,12-13H2,1-5H3,(H,19,20). The van der Waals surface area contributed by atoms with Gasteiger partial charge >= 0.3 is 5.97 Å². The summed E-state index contributed by atoms with van der Waals surface area (Å²) < 4.78 is 0. The van der Waals surface area contributed by atoms with Gasteiger partial charge in [0.2, 0.25) is 0 Å². The van der Waals surface area contributed by atoms with Crippen LogP contribution in [-0.2, 0) is 10.2 Å². The summed E-state index contributed by atoms with van der Waals surface area (Å²) in [7, 11) is 0. The van der Waals surface area contributed by atoms with Crippen LogP contribution in [0.15, 0.2) is 29.2 Å². The molecule has 0 atom stereocenters. The van der Waals surface area contributed by atoms with Crippen molar-refractivity contribution < 1.29 is 9.90 Å². The van der Waals surface area contributed by atoms with E-state index < -0.39 is 11.4 Å². The highest BCUT2D eigenvalue weighted by molar-refractivity contribution is 7.99. The Labute approximate surface area is 133 Å². The third-order valence-corrected chi connectivity index (χ3v) is 4.86. The van der Waals surface area contributed by atoms with Crippen molar-refractivity contribution in [3.05, 3.63) is 29.8 Å². The van der Waals surface area contributed by atoms with E-state index in [0.717, 1.165) is 25.0 Å². The molecule has 1 aromatic carbocycles. The zero-order chi connectivity index (χ0) is 16.1. The molecule has 2 nitrogen and oxygen atoms in total. The molecule has 0 aliphatic carbocycles. The fraction of sp³-hybridized carbons (Fsp3) is 0.611. The van der Waals surface area contributed by atoms with Crippen molar-refractivity contribution in [3.63, 3.8) is 0 Å². The zero-order valence-corrected chi connectivity index (χ0v) is 14.7. The van der Waals surface area contributed by atoms with E-state index >= 15 is 0 Å². The molecule has 0 spiro atoms. The number of hydrogen-bond donors (Lipinski definition) is 1. The minimum Gasteiger partial charge on any atom is -0.481 e. The summed E-state index contributed by atoms with van der Waals surface area (Å²) in [6.07, 6.45) is 2.76. The summed E-state index contributed by atoms with van der Waals surface area (Å²) in [6, 6.07) is 8.78. The van der Waals surface area contributed by atoms with Gasteiger partial charge in [0, 0.05) is 4.90 Å². The number of carbonyl (C=O) groups is 1. The summed E-state index contributed by atoms with van der Waals surface area (Å²) >= 11 is 1.85. The minimum atomic E-state index is -0.701. The highest BCUT2D eigenvalue weighted by Crippen LogP contribution is 2.27. The van der Waals surface area contributed by atoms with E-state index in [1.54, 1.807) is 13.8 Å². The predicted molar refractivity (Wildman–Crippen MR) is 91.1 cm³/mol. The number of thioether (sulfide) groups is 1. The molecule has 0 fully saturated rings. The van der Waals surface area contributed by atoms with E-state index in [1.165, 1.54) is 10.5 Å². The van der Waals surface area contributed by atoms with Gasteiger partial charge in [0.15, 0.2) is 0 Å². The highest BCUT2D eigenvalue weighted by Gasteiger charge is 2.25. The number of carboxylic acids is 1. The Bertz CT molecular complexity index is 455. The first-order chi connectivity index (χ1) is 9.63. The third-order valence-electron chi connectivity index (χ3n) is 3.76. The van der Waals surface area contributed by atoms with E-state index in [-0.39, 0.29) is 5.41 Å². The van der Waals surface area contributed by atoms with Crippen LogP contribution in [0.25, 0.3) is 0 Å². The van der Waals surface area contributed by atoms with Gasteiger partial charge in [0.1, 0.15) is 0 Å². The molecular weight excluding hydrogens is 280 g/mol. The fourth-order valence-corrected chi connectivity index (χ4v) is 2.93. The molecule has 118 valence electrons. The maximum Gasteiger partial charge on any atom is 0.309 e. The van der Waals surface area contributed by atoms with Crippen molar-refractivity contribution in [2.75, 3.05) is 5.75 Å². The molecule has 0 aliphatic heterocycles. The molecule has 0 saturated carbocycles. The number of benzene rings is 1. The number of unbranched alkanes of at least 4 members (excludes halogenated alkanes) is 1. The number of hydrogen-bond acceptors (Lipinski definition) is 2. The van der Waals surface area contributed by atoms with Crippen LogP contribution in [0.3, 0.4) is 0 Å². The van der Waals surface area contributed by atoms with Crippen molar-refractivity contribution >= 4 is 17.7 Å². The van der Waals surface area contributed by atoms with Crippen LogP contribution in [0.2, 0.25) is 0 Å². The normalized spacial score (nSPS) is 12.4. The monoisotopic (exact) mass is 308 g/mol. The molecule has 0 radical (unpaired) electrons. The maximum absolute atomic E-state index is 11.0. The van der Waals surface area contributed by atoms with Crippen molar-refractivity contribution in [3.8, 4) is 0 Å². The average molecular weight is 308 g/mol. The van der Waals surface area contributed by atoms with E-state index in [4.69, 9.17) is 5.11 Å². The first-order valence-corrected chi connectivity index (χ1v) is 8.58. The Morgan fingerprint density at radius 3 is 2.10 bits per heavy atom. The number of carboxylic acid groups (broad SMARTS) is 1. The molecule has 1 aromatic rings. The second kappa shape index (κ2) is 7.35. The molecule has 0 saturated heterocycles. The molecule has 0 bridgehead atoms. The van der Waals surface area contributed by atoms with Gasteiger partial charge in [0.25, 0.3) is 0 Å². The van der Waals surface area contributed by atoms with Crippen molar-refractivity contribution in [2.24, 2.45) is 5.41 Å². The Hall–Kier alpha value is -0.960. The molecule has 0 heterocycles. The largest absolute Gasteiger partial charge is 0.481 e. The second-order valence-corrected chi connectivity index (χ2v) is 8.44. The van der Waals surface area contributed by atoms with Gasteiger partial charge in [-0.3, -0.25) is 4.79 Å². The van der Waals surface area contributed by atoms with Crippen molar-refractivity contribution in [1.29, 1.82) is 0 Å². The summed E-state index contributed by atoms with van der Waals surface area (Å²) in [5, 5.41) is 9.06. The van der Waals surface area contributed by atoms with E-state index in [2.05, 4.69) is 45.0 Å². The van der Waals surface area contributed by atoms with Crippen LogP contribution in [-0.4, -0.2) is 16.8 Å². The SMILES string of the molecule is CC(C)(CCCCSc1ccc(C(C)(C)C)cc1)C(=O)O. The summed E-state index contributed by atoms with van der Waals surface area (Å²) in [5.74, 6) is 0.345. The minimum absolute atomic E-state index is 0.200. The second-order valence-electron chi connectivity index (χ2n) is 7.27. The molecular formula is C18H28O2S. The van der Waals surface area contributed by atoms with E-state index in [9.17, 15) is 4.79 Å². The van der Waals surface area contributed by atoms with Gasteiger partial charge in [-0.2, -0.15) is 0 Å². The molecule has 21 heavy (non-hydrogen) atoms. The predicted octanol–water partition coefficient (Wildman–Crippen LogP) is 5.36. The van der Waals surface area contributed by atoms with Gasteiger partial charge < -0.3 is 5.11 Å². The van der Waals surface area contributed by atoms with Crippen LogP contribution in [0.5, 0.6) is 0 Å². The first-order valence-electron chi connectivity index (χ1n) is 7.60. The summed E-state index contributed by atoms with van der Waals surface area (Å²) in [4.78, 5) is 12.3. The average Bonchev–Trinajstić information content (AvgIpc) is 2.37. The van der Waals surface area contributed by atoms with Crippen LogP contribution >= 0.6 is 11.8 Å². The lowest BCUT2D eigenvalue weighted by Crippen LogP contribution is -2.23. The third kappa shape index (κ3) is 6.13. The molecule has 0 unspecified atom stereocenters. The lowest BCUT2D eigenvalue weighted by atomic mass is 9.87. The van der Waals surface area contributed by atoms with Crippen LogP contribution in [0.4, 0.5) is 0 Å². The van der Waals surface area contributed by atoms with Gasteiger partial charge in [-0.1, -0.05) is 39.3 Å². The van der Waals surface area contributed by atoms with Crippen LogP contribution in [0.1, 0.15) is 59.4 Å². The van der Waals surface area contributed by atoms with Gasteiger partial charge in [-0.05, 0) is 55.6 Å². The Morgan fingerprint density at radius 2 is 1.62 bits per heavy atom. The molecule has 0 amide bonds. The maximum atomic E-state index is 11.0.